The van der Waals surface area contributed by atoms with Crippen molar-refractivity contribution >= 4 is 34.8 Å². The lowest BCUT2D eigenvalue weighted by Crippen LogP contribution is -2.43. The van der Waals surface area contributed by atoms with Crippen LogP contribution in [0.3, 0.4) is 0 Å². The molecule has 0 aromatic rings. The van der Waals surface area contributed by atoms with Crippen LogP contribution in [0.25, 0.3) is 0 Å². The van der Waals surface area contributed by atoms with Gasteiger partial charge in [0.15, 0.2) is 0 Å². The monoisotopic (exact) mass is 230 g/mol. The smallest absolute Gasteiger partial charge is 0.0449 e. The highest BCUT2D eigenvalue weighted by Crippen LogP contribution is 2.41. The zero-order chi connectivity index (χ0) is 10.2. The summed E-state index contributed by atoms with van der Waals surface area (Å²) in [5, 5.41) is -0.0231. The highest BCUT2D eigenvalue weighted by molar-refractivity contribution is 6.29. The van der Waals surface area contributed by atoms with Gasteiger partial charge < -0.3 is 0 Å². The van der Waals surface area contributed by atoms with E-state index in [0.29, 0.717) is 0 Å². The summed E-state index contributed by atoms with van der Waals surface area (Å²) in [6.07, 6.45) is 0. The molecule has 0 saturated carbocycles. The van der Waals surface area contributed by atoms with Crippen molar-refractivity contribution in [2.24, 2.45) is 5.92 Å². The van der Waals surface area contributed by atoms with Crippen molar-refractivity contribution in [1.29, 1.82) is 0 Å². The highest BCUT2D eigenvalue weighted by atomic mass is 35.5. The molecule has 1 unspecified atom stereocenters. The molecule has 0 heterocycles. The van der Waals surface area contributed by atoms with Gasteiger partial charge in [0.25, 0.3) is 0 Å². The maximum atomic E-state index is 6.21. The van der Waals surface area contributed by atoms with Crippen LogP contribution in [-0.2, 0) is 0 Å². The molecule has 1 atom stereocenters. The predicted molar refractivity (Wildman–Crippen MR) is 58.7 cm³/mol. The number of alkyl halides is 3. The van der Waals surface area contributed by atoms with E-state index in [4.69, 9.17) is 34.8 Å². The Morgan fingerprint density at radius 2 is 1.17 bits per heavy atom. The third-order valence-electron chi connectivity index (χ3n) is 1.94. The van der Waals surface area contributed by atoms with Crippen LogP contribution in [-0.4, -0.2) is 15.1 Å². The molecule has 0 aliphatic carbocycles. The second kappa shape index (κ2) is 3.94. The van der Waals surface area contributed by atoms with E-state index in [1.54, 1.807) is 0 Å². The van der Waals surface area contributed by atoms with Gasteiger partial charge in [0.05, 0.1) is 0 Å². The van der Waals surface area contributed by atoms with E-state index in [9.17, 15) is 0 Å². The number of halogens is 3. The fourth-order valence-electron chi connectivity index (χ4n) is 1.91. The largest absolute Gasteiger partial charge is 0.123 e. The van der Waals surface area contributed by atoms with Crippen LogP contribution in [0.15, 0.2) is 0 Å². The first kappa shape index (κ1) is 12.9. The van der Waals surface area contributed by atoms with E-state index in [1.165, 1.54) is 0 Å². The number of hydrogen-bond donors (Lipinski definition) is 0. The Labute approximate surface area is 90.6 Å². The van der Waals surface area contributed by atoms with Gasteiger partial charge in [0.2, 0.25) is 0 Å². The van der Waals surface area contributed by atoms with Crippen molar-refractivity contribution < 1.29 is 0 Å². The molecule has 0 aliphatic heterocycles. The van der Waals surface area contributed by atoms with E-state index in [1.807, 2.05) is 34.6 Å². The van der Waals surface area contributed by atoms with Crippen molar-refractivity contribution in [2.75, 3.05) is 0 Å². The molecule has 0 aliphatic rings. The molecule has 0 rings (SSSR count). The van der Waals surface area contributed by atoms with Gasteiger partial charge in [-0.05, 0) is 34.6 Å². The summed E-state index contributed by atoms with van der Waals surface area (Å²) in [7, 11) is 0. The van der Waals surface area contributed by atoms with Crippen molar-refractivity contribution in [3.63, 3.8) is 0 Å². The molecule has 0 N–H and O–H groups in total. The summed E-state index contributed by atoms with van der Waals surface area (Å²) in [4.78, 5) is -0.737. The third-order valence-corrected chi connectivity index (χ3v) is 2.66. The molecule has 0 bridgehead atoms. The van der Waals surface area contributed by atoms with E-state index in [2.05, 4.69) is 0 Å². The topological polar surface area (TPSA) is 0 Å². The zero-order valence-electron chi connectivity index (χ0n) is 8.29. The molecule has 0 aromatic carbocycles. The van der Waals surface area contributed by atoms with Crippen LogP contribution in [0.1, 0.15) is 34.6 Å². The number of hydrogen-bond acceptors (Lipinski definition) is 0. The van der Waals surface area contributed by atoms with Gasteiger partial charge in [-0.15, -0.1) is 34.8 Å². The van der Waals surface area contributed by atoms with Crippen molar-refractivity contribution in [2.45, 2.75) is 49.7 Å². The summed E-state index contributed by atoms with van der Waals surface area (Å²) in [5.41, 5.74) is 0. The van der Waals surface area contributed by atoms with Gasteiger partial charge in [0, 0.05) is 21.0 Å². The Balaban J connectivity index is 4.70. The summed E-state index contributed by atoms with van der Waals surface area (Å²) in [5.74, 6) is 0.0787. The fraction of sp³-hybridized carbons (Fsp3) is 1.00. The fourth-order valence-corrected chi connectivity index (χ4v) is 3.65. The summed E-state index contributed by atoms with van der Waals surface area (Å²) in [6, 6.07) is 0. The van der Waals surface area contributed by atoms with Gasteiger partial charge in [0.1, 0.15) is 0 Å². The van der Waals surface area contributed by atoms with Gasteiger partial charge in [-0.25, -0.2) is 0 Å². The van der Waals surface area contributed by atoms with Crippen molar-refractivity contribution in [3.8, 4) is 0 Å². The third kappa shape index (κ3) is 3.72. The Morgan fingerprint density at radius 1 is 0.917 bits per heavy atom. The van der Waals surface area contributed by atoms with Gasteiger partial charge in [-0.1, -0.05) is 0 Å². The minimum atomic E-state index is -0.369. The molecule has 3 heteroatoms. The van der Waals surface area contributed by atoms with Crippen molar-refractivity contribution in [1.82, 2.24) is 0 Å². The minimum absolute atomic E-state index is 0.0231. The molecular formula is C9H17Cl3. The lowest BCUT2D eigenvalue weighted by atomic mass is 9.82. The van der Waals surface area contributed by atoms with E-state index < -0.39 is 0 Å². The molecule has 0 radical (unpaired) electrons. The average Bonchev–Trinajstić information content (AvgIpc) is 1.49. The summed E-state index contributed by atoms with van der Waals surface area (Å²) >= 11 is 18.5. The molecule has 0 aromatic heterocycles. The molecule has 0 amide bonds. The Bertz CT molecular complexity index is 125. The van der Waals surface area contributed by atoms with Crippen LogP contribution in [0.4, 0.5) is 0 Å². The average molecular weight is 232 g/mol. The predicted octanol–water partition coefficient (Wildman–Crippen LogP) is 4.26. The summed E-state index contributed by atoms with van der Waals surface area (Å²) in [6.45, 7) is 9.72. The quantitative estimate of drug-likeness (QED) is 0.637. The van der Waals surface area contributed by atoms with Crippen LogP contribution >= 0.6 is 34.8 Å². The number of rotatable bonds is 3. The second-order valence-corrected chi connectivity index (χ2v) is 6.92. The summed E-state index contributed by atoms with van der Waals surface area (Å²) < 4.78 is 0. The van der Waals surface area contributed by atoms with Crippen LogP contribution < -0.4 is 0 Å². The molecule has 12 heavy (non-hydrogen) atoms. The first-order chi connectivity index (χ1) is 5.07. The van der Waals surface area contributed by atoms with E-state index in [0.717, 1.165) is 0 Å². The normalized spacial score (nSPS) is 16.8. The Kier molecular flexibility index (Phi) is 4.22. The Morgan fingerprint density at radius 3 is 1.17 bits per heavy atom. The zero-order valence-corrected chi connectivity index (χ0v) is 10.6. The standard InChI is InChI=1S/C9H17Cl3/c1-6(10)7(8(2,3)11)9(4,5)12/h6-7H,1-5H3. The van der Waals surface area contributed by atoms with Gasteiger partial charge in [-0.3, -0.25) is 0 Å². The molecule has 0 fully saturated rings. The maximum absolute atomic E-state index is 6.21. The van der Waals surface area contributed by atoms with E-state index >= 15 is 0 Å². The lowest BCUT2D eigenvalue weighted by molar-refractivity contribution is 0.330. The van der Waals surface area contributed by atoms with Crippen molar-refractivity contribution in [3.05, 3.63) is 0 Å². The highest BCUT2D eigenvalue weighted by Gasteiger charge is 2.41. The maximum Gasteiger partial charge on any atom is 0.0449 e. The van der Waals surface area contributed by atoms with Gasteiger partial charge in [-0.2, -0.15) is 0 Å². The first-order valence-electron chi connectivity index (χ1n) is 4.08. The first-order valence-corrected chi connectivity index (χ1v) is 5.28. The molecule has 74 valence electrons. The van der Waals surface area contributed by atoms with E-state index in [-0.39, 0.29) is 21.0 Å². The van der Waals surface area contributed by atoms with Crippen LogP contribution in [0.2, 0.25) is 0 Å². The molecule has 0 saturated heterocycles. The van der Waals surface area contributed by atoms with Crippen LogP contribution in [0.5, 0.6) is 0 Å². The second-order valence-electron chi connectivity index (χ2n) is 4.28. The molecule has 0 spiro atoms. The SMILES string of the molecule is CC(Cl)C(C(C)(C)Cl)C(C)(C)Cl. The van der Waals surface area contributed by atoms with Gasteiger partial charge >= 0.3 is 0 Å². The molecular weight excluding hydrogens is 214 g/mol. The lowest BCUT2D eigenvalue weighted by Gasteiger charge is -2.39. The minimum Gasteiger partial charge on any atom is -0.123 e. The van der Waals surface area contributed by atoms with Crippen LogP contribution in [0, 0.1) is 5.92 Å². The molecule has 0 nitrogen and oxygen atoms in total. The Hall–Kier alpha value is 0.870.